The molecule has 304 valence electrons. The number of rotatable bonds is 22. The van der Waals surface area contributed by atoms with E-state index in [-0.39, 0.29) is 0 Å². The summed E-state index contributed by atoms with van der Waals surface area (Å²) in [6.07, 6.45) is 15.4. The predicted molar refractivity (Wildman–Crippen MR) is 268 cm³/mol. The highest BCUT2D eigenvalue weighted by atomic mass is 31.2. The van der Waals surface area contributed by atoms with Gasteiger partial charge in [0, 0.05) is 67.1 Å². The van der Waals surface area contributed by atoms with Crippen LogP contribution in [0.1, 0.15) is 105 Å². The maximum atomic E-state index is 4.43. The number of hydrogen-bond acceptors (Lipinski definition) is 1. The number of benzene rings is 1. The third-order valence-corrected chi connectivity index (χ3v) is 45.3. The van der Waals surface area contributed by atoms with Gasteiger partial charge in [0.2, 0.25) is 0 Å². The van der Waals surface area contributed by atoms with Gasteiger partial charge < -0.3 is 5.32 Å². The van der Waals surface area contributed by atoms with Crippen LogP contribution in [0.25, 0.3) is 0 Å². The first-order valence-corrected chi connectivity index (χ1v) is 45.7. The van der Waals surface area contributed by atoms with Gasteiger partial charge >= 0.3 is 0 Å². The minimum absolute atomic E-state index is 0.675. The average molecular weight is 838 g/mol. The molecule has 1 rings (SSSR count). The molecule has 0 aliphatic carbocycles. The van der Waals surface area contributed by atoms with Crippen LogP contribution in [-0.2, 0) is 0 Å². The van der Waals surface area contributed by atoms with Gasteiger partial charge in [-0.25, -0.2) is 0 Å². The number of nitrogens with one attached hydrogen (secondary N) is 1. The van der Waals surface area contributed by atoms with Crippen molar-refractivity contribution >= 4 is 61.4 Å². The average Bonchev–Trinajstić information content (AvgIpc) is 2.89. The number of hydrogen-bond donors (Lipinski definition) is 1. The number of unbranched alkanes of at least 4 members (excludes halogenated alkanes) is 3. The molecule has 1 N–H and O–H groups in total. The fraction of sp³-hybridized carbons (Fsp3) is 0.818. The first kappa shape index (κ1) is 50.5. The molecule has 1 nitrogen and oxygen atoms in total. The topological polar surface area (TPSA) is 12.0 Å². The van der Waals surface area contributed by atoms with E-state index in [4.69, 9.17) is 0 Å². The molecule has 0 heterocycles. The molecule has 0 aliphatic rings. The molecule has 0 bridgehead atoms. The van der Waals surface area contributed by atoms with Gasteiger partial charge in [0.1, 0.15) is 0 Å². The predicted octanol–water partition coefficient (Wildman–Crippen LogP) is 16.3. The van der Waals surface area contributed by atoms with Crippen molar-refractivity contribution in [1.29, 1.82) is 0 Å². The Morgan fingerprint density at radius 1 is 0.538 bits per heavy atom. The lowest BCUT2D eigenvalue weighted by atomic mass is 10.0. The summed E-state index contributed by atoms with van der Waals surface area (Å²) in [7, 11) is -10.5. The molecule has 0 fully saturated rings. The summed E-state index contributed by atoms with van der Waals surface area (Å²) < 4.78 is 0. The molecule has 52 heavy (non-hydrogen) atoms. The van der Waals surface area contributed by atoms with Crippen LogP contribution in [0.5, 0.6) is 0 Å². The van der Waals surface area contributed by atoms with Gasteiger partial charge in [-0.15, -0.1) is 0 Å². The van der Waals surface area contributed by atoms with E-state index in [1.807, 2.05) is 0 Å². The van der Waals surface area contributed by atoms with Crippen LogP contribution in [0, 0.1) is 0 Å². The van der Waals surface area contributed by atoms with Crippen LogP contribution in [0.15, 0.2) is 23.9 Å². The Kier molecular flexibility index (Phi) is 18.7. The lowest BCUT2D eigenvalue weighted by Gasteiger charge is -2.46. The van der Waals surface area contributed by atoms with Crippen LogP contribution in [0.3, 0.4) is 0 Å². The first-order chi connectivity index (χ1) is 23.3. The van der Waals surface area contributed by atoms with Gasteiger partial charge in [-0.05, 0) is 71.4 Å². The van der Waals surface area contributed by atoms with Crippen LogP contribution >= 0.6 is 7.26 Å². The molecule has 0 spiro atoms. The zero-order valence-electron chi connectivity index (χ0n) is 39.9. The highest BCUT2D eigenvalue weighted by Crippen LogP contribution is 2.65. The Labute approximate surface area is 336 Å². The second-order valence-electron chi connectivity index (χ2n) is 23.7. The lowest BCUT2D eigenvalue weighted by Crippen LogP contribution is -2.50. The summed E-state index contributed by atoms with van der Waals surface area (Å²) in [6, 6.07) is 5.72. The molecule has 0 radical (unpaired) electrons. The van der Waals surface area contributed by atoms with Gasteiger partial charge in [-0.3, -0.25) is 0 Å². The zero-order valence-corrected chi connectivity index (χ0v) is 46.7. The van der Waals surface area contributed by atoms with Crippen LogP contribution in [0.2, 0.25) is 118 Å². The van der Waals surface area contributed by atoms with E-state index >= 15 is 0 Å². The Balaban J connectivity index is 4.54. The van der Waals surface area contributed by atoms with Crippen molar-refractivity contribution in [2.24, 2.45) is 0 Å². The molecule has 1 aromatic rings. The summed E-state index contributed by atoms with van der Waals surface area (Å²) in [5.41, 5.74) is 8.87. The minimum Gasteiger partial charge on any atom is -0.359 e. The molecule has 1 atom stereocenters. The van der Waals surface area contributed by atoms with E-state index < -0.39 is 55.7 Å². The van der Waals surface area contributed by atoms with Gasteiger partial charge in [0.05, 0.1) is 24.1 Å². The summed E-state index contributed by atoms with van der Waals surface area (Å²) in [5.74, 6) is 0. The Morgan fingerprint density at radius 3 is 1.08 bits per heavy atom. The fourth-order valence-corrected chi connectivity index (χ4v) is 54.8. The van der Waals surface area contributed by atoms with Crippen LogP contribution in [0.4, 0.5) is 5.69 Å². The van der Waals surface area contributed by atoms with E-state index in [9.17, 15) is 0 Å². The Morgan fingerprint density at radius 2 is 0.827 bits per heavy atom. The van der Waals surface area contributed by atoms with Gasteiger partial charge in [0.25, 0.3) is 0 Å². The van der Waals surface area contributed by atoms with Crippen LogP contribution < -0.4 is 5.32 Å². The molecule has 0 aromatic heterocycles. The molecular weight excluding hydrogens is 742 g/mol. The first-order valence-electron chi connectivity index (χ1n) is 21.8. The van der Waals surface area contributed by atoms with Gasteiger partial charge in [-0.1, -0.05) is 170 Å². The Bertz CT molecular complexity index is 1160. The summed E-state index contributed by atoms with van der Waals surface area (Å²) >= 11 is 0. The van der Waals surface area contributed by atoms with E-state index in [1.165, 1.54) is 62.7 Å². The van der Waals surface area contributed by atoms with Crippen LogP contribution in [-0.4, -0.2) is 72.6 Å². The monoisotopic (exact) mass is 837 g/mol. The molecule has 0 aliphatic heterocycles. The molecule has 0 saturated carbocycles. The second kappa shape index (κ2) is 19.3. The normalized spacial score (nSPS) is 15.3. The third-order valence-electron chi connectivity index (χ3n) is 11.9. The van der Waals surface area contributed by atoms with Gasteiger partial charge in [-0.2, -0.15) is 0 Å². The summed E-state index contributed by atoms with van der Waals surface area (Å²) in [6.45, 7) is 60.6. The van der Waals surface area contributed by atoms with Crippen molar-refractivity contribution in [3.05, 3.63) is 40.6 Å². The van der Waals surface area contributed by atoms with Crippen molar-refractivity contribution in [2.45, 2.75) is 212 Å². The summed E-state index contributed by atoms with van der Waals surface area (Å²) in [4.78, 5) is 0. The number of allylic oxidation sites excluding steroid dienone is 2. The van der Waals surface area contributed by atoms with Crippen molar-refractivity contribution in [3.63, 3.8) is 0 Å². The van der Waals surface area contributed by atoms with Crippen molar-refractivity contribution in [3.8, 4) is 0 Å². The zero-order chi connectivity index (χ0) is 40.9. The van der Waals surface area contributed by atoms with Crippen molar-refractivity contribution in [1.82, 2.24) is 0 Å². The highest BCUT2D eigenvalue weighted by Gasteiger charge is 2.47. The lowest BCUT2D eigenvalue weighted by molar-refractivity contribution is 0.825. The molecule has 8 heteroatoms. The van der Waals surface area contributed by atoms with Crippen molar-refractivity contribution in [2.75, 3.05) is 23.8 Å². The second-order valence-corrected chi connectivity index (χ2v) is 61.9. The molecule has 1 aromatic carbocycles. The fourth-order valence-electron chi connectivity index (χ4n) is 11.4. The van der Waals surface area contributed by atoms with E-state index in [0.717, 1.165) is 5.16 Å². The third kappa shape index (κ3) is 14.1. The van der Waals surface area contributed by atoms with Gasteiger partial charge in [0.15, 0.2) is 0 Å². The maximum Gasteiger partial charge on any atom is 0.0867 e. The molecular formula is C44H95NPSi6+. The SMILES string of the molecule is CCCC[P+](CCCC)(CCCC)C(C)/C=C(/C)Nc1c(C([Si](C)(C)C)[Si](C)(C)C)cc(C([Si](C)(C)C)[Si](C)(C)C)cc1C([Si](C)(C)C)[Si](C)(C)C. The molecule has 0 saturated heterocycles. The molecule has 1 unspecified atom stereocenters. The largest absolute Gasteiger partial charge is 0.359 e. The minimum atomic E-state index is -1.60. The van der Waals surface area contributed by atoms with Crippen molar-refractivity contribution < 1.29 is 0 Å². The molecule has 0 amide bonds. The van der Waals surface area contributed by atoms with E-state index in [0.29, 0.717) is 16.0 Å². The Hall–Kier alpha value is 0.491. The number of anilines is 1. The highest BCUT2D eigenvalue weighted by molar-refractivity contribution is 7.76. The smallest absolute Gasteiger partial charge is 0.0867 e. The van der Waals surface area contributed by atoms with E-state index in [2.05, 4.69) is 176 Å². The quantitative estimate of drug-likeness (QED) is 0.0906. The summed E-state index contributed by atoms with van der Waals surface area (Å²) in [5, 5.41) is 6.58. The standard InChI is InChI=1S/C44H95NPSi6/c1-24-27-30-46(31-28-25-2,32-29-26-3)37(5)33-36(4)45-41-39(43(49(12,13)14)50(15,16)17)34-38(42(47(6,7)8)48(9,10)11)35-40(41)44(51(18,19)20)52(21,22)23/h33-35,37,42-45H,24-32H2,1-23H3/q+1/b36-33-. The maximum absolute atomic E-state index is 4.43. The van der Waals surface area contributed by atoms with E-state index in [1.54, 1.807) is 22.4 Å².